The largest absolute Gasteiger partial charge is 0.493 e. The lowest BCUT2D eigenvalue weighted by Crippen LogP contribution is -2.33. The number of furan rings is 1. The SMILES string of the molecule is CCOc1cc2c(cc1-c1cccc3cc(/C(C)=C/C(=O)O)oc13)C(C)(C)CCC2(C)C. The molecule has 0 bridgehead atoms. The Morgan fingerprint density at radius 2 is 1.72 bits per heavy atom. The van der Waals surface area contributed by atoms with E-state index in [-0.39, 0.29) is 10.8 Å². The van der Waals surface area contributed by atoms with Gasteiger partial charge in [-0.15, -0.1) is 0 Å². The summed E-state index contributed by atoms with van der Waals surface area (Å²) in [6, 6.07) is 12.5. The van der Waals surface area contributed by atoms with Gasteiger partial charge in [-0.3, -0.25) is 0 Å². The number of rotatable bonds is 5. The van der Waals surface area contributed by atoms with Crippen molar-refractivity contribution in [3.8, 4) is 16.9 Å². The number of hydrogen-bond donors (Lipinski definition) is 1. The molecule has 4 rings (SSSR count). The molecule has 4 heteroatoms. The van der Waals surface area contributed by atoms with Gasteiger partial charge in [0.05, 0.1) is 6.61 Å². The molecule has 0 saturated carbocycles. The fraction of sp³-hybridized carbons (Fsp3) is 0.393. The van der Waals surface area contributed by atoms with Gasteiger partial charge in [0, 0.05) is 22.6 Å². The smallest absolute Gasteiger partial charge is 0.328 e. The predicted molar refractivity (Wildman–Crippen MR) is 129 cm³/mol. The molecule has 1 heterocycles. The van der Waals surface area contributed by atoms with Gasteiger partial charge in [0.2, 0.25) is 0 Å². The Bertz CT molecular complexity index is 1220. The Labute approximate surface area is 189 Å². The van der Waals surface area contributed by atoms with E-state index in [1.54, 1.807) is 6.92 Å². The summed E-state index contributed by atoms with van der Waals surface area (Å²) in [6.07, 6.45) is 3.45. The van der Waals surface area contributed by atoms with Gasteiger partial charge in [0.25, 0.3) is 0 Å². The Morgan fingerprint density at radius 3 is 2.34 bits per heavy atom. The summed E-state index contributed by atoms with van der Waals surface area (Å²) >= 11 is 0. The average Bonchev–Trinajstić information content (AvgIpc) is 3.16. The van der Waals surface area contributed by atoms with Crippen molar-refractivity contribution in [2.75, 3.05) is 6.61 Å². The van der Waals surface area contributed by atoms with Crippen molar-refractivity contribution in [2.45, 2.75) is 65.2 Å². The fourth-order valence-electron chi connectivity index (χ4n) is 4.81. The van der Waals surface area contributed by atoms with Crippen molar-refractivity contribution in [2.24, 2.45) is 0 Å². The quantitative estimate of drug-likeness (QED) is 0.429. The minimum absolute atomic E-state index is 0.0768. The third-order valence-electron chi connectivity index (χ3n) is 6.82. The minimum Gasteiger partial charge on any atom is -0.493 e. The van der Waals surface area contributed by atoms with Crippen molar-refractivity contribution < 1.29 is 19.1 Å². The van der Waals surface area contributed by atoms with E-state index < -0.39 is 5.97 Å². The summed E-state index contributed by atoms with van der Waals surface area (Å²) in [5.74, 6) is 0.439. The van der Waals surface area contributed by atoms with Gasteiger partial charge in [-0.1, -0.05) is 45.9 Å². The van der Waals surface area contributed by atoms with Crippen LogP contribution in [-0.2, 0) is 15.6 Å². The molecule has 168 valence electrons. The average molecular weight is 433 g/mol. The monoisotopic (exact) mass is 432 g/mol. The molecule has 1 N–H and O–H groups in total. The number of fused-ring (bicyclic) bond motifs is 2. The molecule has 1 aliphatic carbocycles. The molecule has 0 amide bonds. The summed E-state index contributed by atoms with van der Waals surface area (Å²) in [4.78, 5) is 11.1. The first-order valence-electron chi connectivity index (χ1n) is 11.3. The Balaban J connectivity index is 1.97. The maximum absolute atomic E-state index is 11.1. The van der Waals surface area contributed by atoms with E-state index in [4.69, 9.17) is 14.3 Å². The number of aliphatic carboxylic acids is 1. The second-order valence-electron chi connectivity index (χ2n) is 10.1. The van der Waals surface area contributed by atoms with E-state index in [0.717, 1.165) is 40.7 Å². The lowest BCUT2D eigenvalue weighted by molar-refractivity contribution is -0.131. The first kappa shape index (κ1) is 22.2. The Morgan fingerprint density at radius 1 is 1.06 bits per heavy atom. The molecule has 0 spiro atoms. The number of ether oxygens (including phenoxy) is 1. The molecule has 0 unspecified atom stereocenters. The fourth-order valence-corrected chi connectivity index (χ4v) is 4.81. The molecule has 2 aromatic carbocycles. The molecule has 32 heavy (non-hydrogen) atoms. The number of hydrogen-bond acceptors (Lipinski definition) is 3. The van der Waals surface area contributed by atoms with Crippen LogP contribution in [0.1, 0.15) is 71.3 Å². The zero-order chi connectivity index (χ0) is 23.3. The number of carbonyl (C=O) groups is 1. The van der Waals surface area contributed by atoms with E-state index in [2.05, 4.69) is 45.9 Å². The van der Waals surface area contributed by atoms with E-state index >= 15 is 0 Å². The standard InChI is InChI=1S/C28H32O4/c1-7-31-24-16-22-21(27(3,4)11-12-28(22,5)6)15-20(24)19-10-8-9-18-14-23(32-26(18)19)17(2)13-25(29)30/h8-10,13-16H,7,11-12H2,1-6H3,(H,29,30)/b17-13+. The van der Waals surface area contributed by atoms with E-state index in [0.29, 0.717) is 17.9 Å². The highest BCUT2D eigenvalue weighted by molar-refractivity contribution is 5.97. The maximum atomic E-state index is 11.1. The molecule has 1 aromatic heterocycles. The van der Waals surface area contributed by atoms with Gasteiger partial charge >= 0.3 is 5.97 Å². The summed E-state index contributed by atoms with van der Waals surface area (Å²) in [5.41, 5.74) is 6.19. The highest BCUT2D eigenvalue weighted by Crippen LogP contribution is 2.50. The lowest BCUT2D eigenvalue weighted by atomic mass is 9.62. The van der Waals surface area contributed by atoms with E-state index in [9.17, 15) is 4.79 Å². The Kier molecular flexibility index (Phi) is 5.44. The maximum Gasteiger partial charge on any atom is 0.328 e. The number of carboxylic acid groups (broad SMARTS) is 1. The van der Waals surface area contributed by atoms with Crippen LogP contribution in [0.3, 0.4) is 0 Å². The molecule has 1 aliphatic rings. The molecule has 0 saturated heterocycles. The van der Waals surface area contributed by atoms with Crippen LogP contribution in [-0.4, -0.2) is 17.7 Å². The lowest BCUT2D eigenvalue weighted by Gasteiger charge is -2.42. The van der Waals surface area contributed by atoms with Gasteiger partial charge in [0.1, 0.15) is 17.1 Å². The highest BCUT2D eigenvalue weighted by Gasteiger charge is 2.38. The number of allylic oxidation sites excluding steroid dienone is 1. The van der Waals surface area contributed by atoms with Crippen LogP contribution in [0.4, 0.5) is 0 Å². The second-order valence-corrected chi connectivity index (χ2v) is 10.1. The van der Waals surface area contributed by atoms with Crippen molar-refractivity contribution in [1.29, 1.82) is 0 Å². The minimum atomic E-state index is -0.985. The van der Waals surface area contributed by atoms with E-state index in [1.165, 1.54) is 17.2 Å². The Hall–Kier alpha value is -3.01. The summed E-state index contributed by atoms with van der Waals surface area (Å²) in [6.45, 7) is 13.6. The van der Waals surface area contributed by atoms with Crippen molar-refractivity contribution in [3.63, 3.8) is 0 Å². The van der Waals surface area contributed by atoms with Crippen LogP contribution < -0.4 is 4.74 Å². The molecule has 0 fully saturated rings. The second kappa shape index (κ2) is 7.84. The third kappa shape index (κ3) is 3.83. The molecular weight excluding hydrogens is 400 g/mol. The highest BCUT2D eigenvalue weighted by atomic mass is 16.5. The van der Waals surface area contributed by atoms with Crippen LogP contribution in [0, 0.1) is 0 Å². The van der Waals surface area contributed by atoms with Crippen molar-refractivity contribution in [1.82, 2.24) is 0 Å². The van der Waals surface area contributed by atoms with E-state index in [1.807, 2.05) is 25.1 Å². The zero-order valence-corrected chi connectivity index (χ0v) is 19.8. The molecule has 4 nitrogen and oxygen atoms in total. The van der Waals surface area contributed by atoms with Crippen LogP contribution in [0.2, 0.25) is 0 Å². The third-order valence-corrected chi connectivity index (χ3v) is 6.82. The van der Waals surface area contributed by atoms with Crippen LogP contribution in [0.25, 0.3) is 27.7 Å². The number of benzene rings is 2. The first-order valence-corrected chi connectivity index (χ1v) is 11.3. The van der Waals surface area contributed by atoms with Gasteiger partial charge in [-0.05, 0) is 72.4 Å². The number of carboxylic acids is 1. The van der Waals surface area contributed by atoms with Crippen molar-refractivity contribution >= 4 is 22.5 Å². The first-order chi connectivity index (χ1) is 15.0. The molecule has 0 radical (unpaired) electrons. The topological polar surface area (TPSA) is 59.7 Å². The van der Waals surface area contributed by atoms with Crippen LogP contribution in [0.15, 0.2) is 46.9 Å². The molecular formula is C28H32O4. The summed E-state index contributed by atoms with van der Waals surface area (Å²) < 4.78 is 12.3. The summed E-state index contributed by atoms with van der Waals surface area (Å²) in [7, 11) is 0. The molecule has 0 aliphatic heterocycles. The zero-order valence-electron chi connectivity index (χ0n) is 19.8. The normalized spacial score (nSPS) is 17.2. The van der Waals surface area contributed by atoms with Gasteiger partial charge in [-0.2, -0.15) is 0 Å². The van der Waals surface area contributed by atoms with Crippen LogP contribution >= 0.6 is 0 Å². The van der Waals surface area contributed by atoms with Gasteiger partial charge in [0.15, 0.2) is 0 Å². The van der Waals surface area contributed by atoms with Crippen LogP contribution in [0.5, 0.6) is 5.75 Å². The van der Waals surface area contributed by atoms with Gasteiger partial charge < -0.3 is 14.3 Å². The van der Waals surface area contributed by atoms with Crippen molar-refractivity contribution in [3.05, 3.63) is 59.4 Å². The predicted octanol–water partition coefficient (Wildman–Crippen LogP) is 7.34. The summed E-state index contributed by atoms with van der Waals surface area (Å²) in [5, 5.41) is 10.1. The molecule has 0 atom stereocenters. The van der Waals surface area contributed by atoms with Gasteiger partial charge in [-0.25, -0.2) is 4.79 Å². The molecule has 3 aromatic rings. The number of para-hydroxylation sites is 1.